The van der Waals surface area contributed by atoms with Crippen LogP contribution >= 0.6 is 0 Å². The van der Waals surface area contributed by atoms with Crippen LogP contribution < -0.4 is 5.73 Å². The van der Waals surface area contributed by atoms with Gasteiger partial charge in [-0.2, -0.15) is 0 Å². The summed E-state index contributed by atoms with van der Waals surface area (Å²) in [5.41, 5.74) is 9.72. The Bertz CT molecular complexity index is 690. The summed E-state index contributed by atoms with van der Waals surface area (Å²) in [6.07, 6.45) is 5.02. The first-order chi connectivity index (χ1) is 8.75. The third-order valence-electron chi connectivity index (χ3n) is 2.92. The van der Waals surface area contributed by atoms with E-state index in [9.17, 15) is 0 Å². The van der Waals surface area contributed by atoms with Crippen LogP contribution in [0.4, 0.5) is 0 Å². The lowest BCUT2D eigenvalue weighted by molar-refractivity contribution is 0.651. The lowest BCUT2D eigenvalue weighted by Gasteiger charge is -2.11. The van der Waals surface area contributed by atoms with E-state index in [0.29, 0.717) is 0 Å². The van der Waals surface area contributed by atoms with E-state index in [1.165, 1.54) is 0 Å². The van der Waals surface area contributed by atoms with Crippen LogP contribution in [-0.4, -0.2) is 25.0 Å². The van der Waals surface area contributed by atoms with Crippen LogP contribution in [0.2, 0.25) is 0 Å². The van der Waals surface area contributed by atoms with Gasteiger partial charge in [-0.05, 0) is 17.7 Å². The third-order valence-corrected chi connectivity index (χ3v) is 2.92. The van der Waals surface area contributed by atoms with Crippen molar-refractivity contribution < 1.29 is 0 Å². The Kier molecular flexibility index (Phi) is 2.49. The minimum Gasteiger partial charge on any atom is -0.319 e. The van der Waals surface area contributed by atoms with Gasteiger partial charge in [-0.1, -0.05) is 11.3 Å². The van der Waals surface area contributed by atoms with Crippen LogP contribution in [0.1, 0.15) is 17.3 Å². The second-order valence-electron chi connectivity index (χ2n) is 4.06. The highest BCUT2D eigenvalue weighted by Gasteiger charge is 2.13. The first-order valence-electron chi connectivity index (χ1n) is 5.56. The maximum absolute atomic E-state index is 6.20. The SMILES string of the molecule is Cn1nncc1C(N)c1ccc2nccnc2c1. The van der Waals surface area contributed by atoms with Crippen LogP contribution in [-0.2, 0) is 7.05 Å². The Hall–Kier alpha value is -2.34. The minimum atomic E-state index is -0.267. The van der Waals surface area contributed by atoms with E-state index >= 15 is 0 Å². The summed E-state index contributed by atoms with van der Waals surface area (Å²) in [4.78, 5) is 8.50. The molecular weight excluding hydrogens is 228 g/mol. The first kappa shape index (κ1) is 10.8. The Morgan fingerprint density at radius 1 is 1.17 bits per heavy atom. The summed E-state index contributed by atoms with van der Waals surface area (Å²) in [6, 6.07) is 5.55. The highest BCUT2D eigenvalue weighted by molar-refractivity contribution is 5.74. The molecule has 6 heteroatoms. The highest BCUT2D eigenvalue weighted by atomic mass is 15.4. The highest BCUT2D eigenvalue weighted by Crippen LogP contribution is 2.20. The monoisotopic (exact) mass is 240 g/mol. The fourth-order valence-corrected chi connectivity index (χ4v) is 1.92. The molecule has 0 aliphatic heterocycles. The summed E-state index contributed by atoms with van der Waals surface area (Å²) < 4.78 is 1.67. The lowest BCUT2D eigenvalue weighted by atomic mass is 10.0. The van der Waals surface area contributed by atoms with Crippen molar-refractivity contribution >= 4 is 11.0 Å². The van der Waals surface area contributed by atoms with E-state index in [1.807, 2.05) is 25.2 Å². The van der Waals surface area contributed by atoms with E-state index in [1.54, 1.807) is 23.3 Å². The molecule has 0 fully saturated rings. The maximum Gasteiger partial charge on any atom is 0.0890 e. The first-order valence-corrected chi connectivity index (χ1v) is 5.56. The van der Waals surface area contributed by atoms with Gasteiger partial charge in [-0.3, -0.25) is 14.6 Å². The molecule has 1 unspecified atom stereocenters. The van der Waals surface area contributed by atoms with Crippen molar-refractivity contribution in [3.05, 3.63) is 48.0 Å². The normalized spacial score (nSPS) is 12.8. The predicted octanol–water partition coefficient (Wildman–Crippen LogP) is 0.806. The second-order valence-corrected chi connectivity index (χ2v) is 4.06. The van der Waals surface area contributed by atoms with Crippen LogP contribution in [0, 0.1) is 0 Å². The van der Waals surface area contributed by atoms with E-state index < -0.39 is 0 Å². The fraction of sp³-hybridized carbons (Fsp3) is 0.167. The quantitative estimate of drug-likeness (QED) is 0.716. The van der Waals surface area contributed by atoms with Gasteiger partial charge in [-0.25, -0.2) is 0 Å². The van der Waals surface area contributed by atoms with Gasteiger partial charge in [-0.15, -0.1) is 5.10 Å². The summed E-state index contributed by atoms with van der Waals surface area (Å²) in [6.45, 7) is 0. The van der Waals surface area contributed by atoms with Crippen LogP contribution in [0.25, 0.3) is 11.0 Å². The standard InChI is InChI=1S/C12H12N6/c1-18-11(7-16-17-18)12(13)8-2-3-9-10(6-8)15-5-4-14-9/h2-7,12H,13H2,1H3. The predicted molar refractivity (Wildman–Crippen MR) is 66.6 cm³/mol. The van der Waals surface area contributed by atoms with Crippen molar-refractivity contribution in [1.82, 2.24) is 25.0 Å². The molecule has 2 heterocycles. The molecule has 0 aliphatic rings. The van der Waals surface area contributed by atoms with Gasteiger partial charge in [0, 0.05) is 19.4 Å². The summed E-state index contributed by atoms with van der Waals surface area (Å²) in [7, 11) is 1.82. The Morgan fingerprint density at radius 2 is 1.94 bits per heavy atom. The van der Waals surface area contributed by atoms with Crippen LogP contribution in [0.5, 0.6) is 0 Å². The van der Waals surface area contributed by atoms with Gasteiger partial charge >= 0.3 is 0 Å². The van der Waals surface area contributed by atoms with Gasteiger partial charge in [0.2, 0.25) is 0 Å². The van der Waals surface area contributed by atoms with Gasteiger partial charge in [0.05, 0.1) is 29.0 Å². The topological polar surface area (TPSA) is 82.5 Å². The zero-order chi connectivity index (χ0) is 12.5. The van der Waals surface area contributed by atoms with Crippen molar-refractivity contribution in [1.29, 1.82) is 0 Å². The smallest absolute Gasteiger partial charge is 0.0890 e. The molecular formula is C12H12N6. The molecule has 3 aromatic rings. The number of rotatable bonds is 2. The molecule has 0 saturated carbocycles. The molecule has 90 valence electrons. The number of aromatic nitrogens is 5. The zero-order valence-corrected chi connectivity index (χ0v) is 9.85. The molecule has 1 aromatic carbocycles. The van der Waals surface area contributed by atoms with Gasteiger partial charge in [0.15, 0.2) is 0 Å². The molecule has 0 saturated heterocycles. The number of hydrogen-bond donors (Lipinski definition) is 1. The number of nitrogens with zero attached hydrogens (tertiary/aromatic N) is 5. The molecule has 18 heavy (non-hydrogen) atoms. The summed E-state index contributed by atoms with van der Waals surface area (Å²) in [5, 5.41) is 7.72. The molecule has 0 aliphatic carbocycles. The molecule has 2 N–H and O–H groups in total. The van der Waals surface area contributed by atoms with E-state index in [2.05, 4.69) is 20.3 Å². The van der Waals surface area contributed by atoms with Crippen molar-refractivity contribution in [2.45, 2.75) is 6.04 Å². The third kappa shape index (κ3) is 1.72. The second kappa shape index (κ2) is 4.15. The Morgan fingerprint density at radius 3 is 2.67 bits per heavy atom. The number of nitrogens with two attached hydrogens (primary N) is 1. The van der Waals surface area contributed by atoms with Crippen LogP contribution in [0.15, 0.2) is 36.8 Å². The maximum atomic E-state index is 6.20. The number of hydrogen-bond acceptors (Lipinski definition) is 5. The van der Waals surface area contributed by atoms with Crippen molar-refractivity contribution in [2.24, 2.45) is 12.8 Å². The molecule has 1 atom stereocenters. The van der Waals surface area contributed by atoms with Crippen molar-refractivity contribution in [2.75, 3.05) is 0 Å². The average molecular weight is 240 g/mol. The number of aryl methyl sites for hydroxylation is 1. The minimum absolute atomic E-state index is 0.267. The largest absolute Gasteiger partial charge is 0.319 e. The fourth-order valence-electron chi connectivity index (χ4n) is 1.92. The molecule has 0 amide bonds. The summed E-state index contributed by atoms with van der Waals surface area (Å²) in [5.74, 6) is 0. The number of fused-ring (bicyclic) bond motifs is 1. The molecule has 0 radical (unpaired) electrons. The summed E-state index contributed by atoms with van der Waals surface area (Å²) >= 11 is 0. The lowest BCUT2D eigenvalue weighted by Crippen LogP contribution is -2.15. The van der Waals surface area contributed by atoms with Gasteiger partial charge in [0.25, 0.3) is 0 Å². The zero-order valence-electron chi connectivity index (χ0n) is 9.85. The van der Waals surface area contributed by atoms with Crippen molar-refractivity contribution in [3.63, 3.8) is 0 Å². The molecule has 0 bridgehead atoms. The Labute approximate surface area is 103 Å². The number of benzene rings is 1. The van der Waals surface area contributed by atoms with E-state index in [4.69, 9.17) is 5.73 Å². The van der Waals surface area contributed by atoms with E-state index in [0.717, 1.165) is 22.3 Å². The molecule has 3 rings (SSSR count). The van der Waals surface area contributed by atoms with Gasteiger partial charge in [0.1, 0.15) is 0 Å². The molecule has 2 aromatic heterocycles. The Balaban J connectivity index is 2.07. The molecule has 0 spiro atoms. The molecule has 6 nitrogen and oxygen atoms in total. The van der Waals surface area contributed by atoms with Gasteiger partial charge < -0.3 is 5.73 Å². The van der Waals surface area contributed by atoms with E-state index in [-0.39, 0.29) is 6.04 Å². The van der Waals surface area contributed by atoms with Crippen LogP contribution in [0.3, 0.4) is 0 Å². The average Bonchev–Trinajstić information content (AvgIpc) is 2.83. The van der Waals surface area contributed by atoms with Crippen molar-refractivity contribution in [3.8, 4) is 0 Å².